The van der Waals surface area contributed by atoms with Gasteiger partial charge < -0.3 is 20.5 Å². The molecule has 2 rings (SSSR count). The Morgan fingerprint density at radius 3 is 3.12 bits per heavy atom. The van der Waals surface area contributed by atoms with Crippen LogP contribution in [-0.2, 0) is 6.42 Å². The summed E-state index contributed by atoms with van der Waals surface area (Å²) in [5, 5.41) is 8.93. The van der Waals surface area contributed by atoms with Crippen molar-refractivity contribution in [3.63, 3.8) is 0 Å². The second-order valence-electron chi connectivity index (χ2n) is 4.22. The predicted octanol–water partition coefficient (Wildman–Crippen LogP) is 0.377. The van der Waals surface area contributed by atoms with Gasteiger partial charge in [-0.2, -0.15) is 0 Å². The highest BCUT2D eigenvalue weighted by Gasteiger charge is 2.15. The van der Waals surface area contributed by atoms with Gasteiger partial charge in [-0.05, 0) is 24.1 Å². The topological polar surface area (TPSA) is 58.7 Å². The minimum absolute atomic E-state index is 0.0173. The van der Waals surface area contributed by atoms with Gasteiger partial charge in [0, 0.05) is 13.1 Å². The molecule has 0 radical (unpaired) electrons. The Kier molecular flexibility index (Phi) is 3.31. The SMILES string of the molecule is CN1CCOc2ccc(CC(N)CO)cc21. The molecule has 1 aromatic carbocycles. The fourth-order valence-corrected chi connectivity index (χ4v) is 1.89. The molecule has 0 saturated heterocycles. The molecule has 0 aliphatic carbocycles. The van der Waals surface area contributed by atoms with Crippen molar-refractivity contribution < 1.29 is 9.84 Å². The maximum Gasteiger partial charge on any atom is 0.142 e. The van der Waals surface area contributed by atoms with Gasteiger partial charge in [-0.15, -0.1) is 0 Å². The van der Waals surface area contributed by atoms with Crippen molar-refractivity contribution in [1.29, 1.82) is 0 Å². The number of hydrogen-bond donors (Lipinski definition) is 2. The van der Waals surface area contributed by atoms with Crippen LogP contribution >= 0.6 is 0 Å². The van der Waals surface area contributed by atoms with Crippen molar-refractivity contribution in [2.24, 2.45) is 5.73 Å². The van der Waals surface area contributed by atoms with Gasteiger partial charge in [0.15, 0.2) is 0 Å². The first-order chi connectivity index (χ1) is 7.70. The molecular weight excluding hydrogens is 204 g/mol. The first kappa shape index (κ1) is 11.2. The van der Waals surface area contributed by atoms with E-state index in [9.17, 15) is 0 Å². The van der Waals surface area contributed by atoms with E-state index in [1.54, 1.807) is 0 Å². The van der Waals surface area contributed by atoms with Crippen molar-refractivity contribution in [2.45, 2.75) is 12.5 Å². The summed E-state index contributed by atoms with van der Waals surface area (Å²) in [6, 6.07) is 5.88. The Morgan fingerprint density at radius 2 is 2.38 bits per heavy atom. The molecule has 88 valence electrons. The van der Waals surface area contributed by atoms with E-state index in [1.165, 1.54) is 0 Å². The smallest absolute Gasteiger partial charge is 0.142 e. The second kappa shape index (κ2) is 4.72. The highest BCUT2D eigenvalue weighted by molar-refractivity contribution is 5.60. The predicted molar refractivity (Wildman–Crippen MR) is 64.0 cm³/mol. The molecule has 0 aromatic heterocycles. The Labute approximate surface area is 95.6 Å². The number of aliphatic hydroxyl groups is 1. The highest BCUT2D eigenvalue weighted by atomic mass is 16.5. The van der Waals surface area contributed by atoms with Crippen LogP contribution in [0.2, 0.25) is 0 Å². The molecule has 0 amide bonds. The van der Waals surface area contributed by atoms with Crippen LogP contribution in [0.5, 0.6) is 5.75 Å². The van der Waals surface area contributed by atoms with E-state index in [2.05, 4.69) is 18.0 Å². The maximum absolute atomic E-state index is 8.93. The van der Waals surface area contributed by atoms with E-state index in [0.29, 0.717) is 6.42 Å². The van der Waals surface area contributed by atoms with Gasteiger partial charge in [-0.1, -0.05) is 6.07 Å². The molecule has 1 unspecified atom stereocenters. The van der Waals surface area contributed by atoms with Gasteiger partial charge in [0.1, 0.15) is 12.4 Å². The minimum Gasteiger partial charge on any atom is -0.490 e. The number of rotatable bonds is 3. The lowest BCUT2D eigenvalue weighted by Crippen LogP contribution is -2.29. The summed E-state index contributed by atoms with van der Waals surface area (Å²) in [5.41, 5.74) is 7.96. The summed E-state index contributed by atoms with van der Waals surface area (Å²) in [6.07, 6.45) is 0.692. The Hall–Kier alpha value is -1.26. The number of nitrogens with two attached hydrogens (primary N) is 1. The maximum atomic E-state index is 8.93. The molecule has 1 atom stereocenters. The van der Waals surface area contributed by atoms with Gasteiger partial charge in [-0.25, -0.2) is 0 Å². The number of anilines is 1. The molecule has 0 saturated carbocycles. The average molecular weight is 222 g/mol. The zero-order chi connectivity index (χ0) is 11.5. The van der Waals surface area contributed by atoms with Crippen molar-refractivity contribution in [3.05, 3.63) is 23.8 Å². The Bertz CT molecular complexity index is 368. The quantitative estimate of drug-likeness (QED) is 0.776. The van der Waals surface area contributed by atoms with Crippen LogP contribution in [0.4, 0.5) is 5.69 Å². The lowest BCUT2D eigenvalue weighted by molar-refractivity contribution is 0.265. The van der Waals surface area contributed by atoms with Crippen LogP contribution in [0.1, 0.15) is 5.56 Å². The van der Waals surface area contributed by atoms with Gasteiger partial charge in [0.2, 0.25) is 0 Å². The van der Waals surface area contributed by atoms with Crippen molar-refractivity contribution in [2.75, 3.05) is 31.7 Å². The molecule has 0 spiro atoms. The Balaban J connectivity index is 2.20. The summed E-state index contributed by atoms with van der Waals surface area (Å²) < 4.78 is 5.56. The molecule has 1 heterocycles. The highest BCUT2D eigenvalue weighted by Crippen LogP contribution is 2.31. The number of ether oxygens (including phenoxy) is 1. The number of hydrogen-bond acceptors (Lipinski definition) is 4. The Morgan fingerprint density at radius 1 is 1.56 bits per heavy atom. The number of fused-ring (bicyclic) bond motifs is 1. The van der Waals surface area contributed by atoms with E-state index in [-0.39, 0.29) is 12.6 Å². The molecule has 0 fully saturated rings. The van der Waals surface area contributed by atoms with E-state index in [1.807, 2.05) is 12.1 Å². The third-order valence-corrected chi connectivity index (χ3v) is 2.85. The van der Waals surface area contributed by atoms with Crippen molar-refractivity contribution >= 4 is 5.69 Å². The van der Waals surface area contributed by atoms with E-state index in [0.717, 1.165) is 30.2 Å². The van der Waals surface area contributed by atoms with Crippen molar-refractivity contribution in [3.8, 4) is 5.75 Å². The standard InChI is InChI=1S/C12H18N2O2/c1-14-4-5-16-12-3-2-9(7-11(12)14)6-10(13)8-15/h2-3,7,10,15H,4-6,8,13H2,1H3. The number of nitrogens with zero attached hydrogens (tertiary/aromatic N) is 1. The van der Waals surface area contributed by atoms with E-state index < -0.39 is 0 Å². The summed E-state index contributed by atoms with van der Waals surface area (Å²) in [6.45, 7) is 1.66. The number of aliphatic hydroxyl groups excluding tert-OH is 1. The first-order valence-corrected chi connectivity index (χ1v) is 5.54. The molecule has 16 heavy (non-hydrogen) atoms. The molecule has 0 bridgehead atoms. The lowest BCUT2D eigenvalue weighted by atomic mass is 10.1. The molecule has 1 aromatic rings. The van der Waals surface area contributed by atoms with E-state index in [4.69, 9.17) is 15.6 Å². The molecule has 4 nitrogen and oxygen atoms in total. The zero-order valence-corrected chi connectivity index (χ0v) is 9.52. The van der Waals surface area contributed by atoms with Gasteiger partial charge >= 0.3 is 0 Å². The lowest BCUT2D eigenvalue weighted by Gasteiger charge is -2.28. The summed E-state index contributed by atoms with van der Waals surface area (Å²) in [7, 11) is 2.05. The molecule has 4 heteroatoms. The van der Waals surface area contributed by atoms with Crippen LogP contribution in [0.3, 0.4) is 0 Å². The molecule has 3 N–H and O–H groups in total. The van der Waals surface area contributed by atoms with Crippen LogP contribution in [0, 0.1) is 0 Å². The van der Waals surface area contributed by atoms with Crippen LogP contribution in [0.15, 0.2) is 18.2 Å². The van der Waals surface area contributed by atoms with Gasteiger partial charge in [-0.3, -0.25) is 0 Å². The first-order valence-electron chi connectivity index (χ1n) is 5.54. The summed E-state index contributed by atoms with van der Waals surface area (Å²) in [5.74, 6) is 0.926. The largest absolute Gasteiger partial charge is 0.490 e. The number of likely N-dealkylation sites (N-methyl/N-ethyl adjacent to an activating group) is 1. The van der Waals surface area contributed by atoms with E-state index >= 15 is 0 Å². The average Bonchev–Trinajstić information content (AvgIpc) is 2.30. The van der Waals surface area contributed by atoms with Gasteiger partial charge in [0.05, 0.1) is 18.8 Å². The molecule has 1 aliphatic rings. The number of benzene rings is 1. The third-order valence-electron chi connectivity index (χ3n) is 2.85. The monoisotopic (exact) mass is 222 g/mol. The fraction of sp³-hybridized carbons (Fsp3) is 0.500. The van der Waals surface area contributed by atoms with Crippen LogP contribution in [-0.4, -0.2) is 38.0 Å². The normalized spacial score (nSPS) is 16.6. The van der Waals surface area contributed by atoms with Crippen LogP contribution < -0.4 is 15.4 Å². The van der Waals surface area contributed by atoms with Gasteiger partial charge in [0.25, 0.3) is 0 Å². The fourth-order valence-electron chi connectivity index (χ4n) is 1.89. The summed E-state index contributed by atoms with van der Waals surface area (Å²) in [4.78, 5) is 2.17. The minimum atomic E-state index is -0.187. The molecular formula is C12H18N2O2. The van der Waals surface area contributed by atoms with Crippen LogP contribution in [0.25, 0.3) is 0 Å². The third kappa shape index (κ3) is 2.28. The van der Waals surface area contributed by atoms with Crippen molar-refractivity contribution in [1.82, 2.24) is 0 Å². The second-order valence-corrected chi connectivity index (χ2v) is 4.22. The molecule has 1 aliphatic heterocycles. The summed E-state index contributed by atoms with van der Waals surface area (Å²) >= 11 is 0. The zero-order valence-electron chi connectivity index (χ0n) is 9.52.